The van der Waals surface area contributed by atoms with E-state index in [9.17, 15) is 9.59 Å². The van der Waals surface area contributed by atoms with Crippen molar-refractivity contribution >= 4 is 17.6 Å². The van der Waals surface area contributed by atoms with Crippen LogP contribution in [0.1, 0.15) is 24.0 Å². The predicted octanol–water partition coefficient (Wildman–Crippen LogP) is 1.61. The number of hydrogen-bond donors (Lipinski definition) is 1. The van der Waals surface area contributed by atoms with Gasteiger partial charge in [0.25, 0.3) is 0 Å². The van der Waals surface area contributed by atoms with Crippen LogP contribution in [0, 0.1) is 0 Å². The second kappa shape index (κ2) is 4.57. The second-order valence-corrected chi connectivity index (χ2v) is 4.29. The lowest BCUT2D eigenvalue weighted by molar-refractivity contribution is -0.137. The van der Waals surface area contributed by atoms with Gasteiger partial charge in [0.1, 0.15) is 0 Å². The van der Waals surface area contributed by atoms with Crippen LogP contribution in [0.5, 0.6) is 0 Å². The summed E-state index contributed by atoms with van der Waals surface area (Å²) in [6.07, 6.45) is 1.95. The van der Waals surface area contributed by atoms with E-state index in [0.29, 0.717) is 12.8 Å². The molecule has 0 aromatic heterocycles. The van der Waals surface area contributed by atoms with E-state index in [0.717, 1.165) is 23.2 Å². The summed E-state index contributed by atoms with van der Waals surface area (Å²) in [5.41, 5.74) is 3.12. The van der Waals surface area contributed by atoms with E-state index in [1.165, 1.54) is 0 Å². The van der Waals surface area contributed by atoms with Crippen molar-refractivity contribution in [2.45, 2.75) is 25.7 Å². The lowest BCUT2D eigenvalue weighted by Crippen LogP contribution is -2.20. The first-order valence-corrected chi connectivity index (χ1v) is 5.68. The molecule has 1 aromatic carbocycles. The highest BCUT2D eigenvalue weighted by molar-refractivity contribution is 6.01. The third-order valence-electron chi connectivity index (χ3n) is 3.15. The summed E-state index contributed by atoms with van der Waals surface area (Å²) < 4.78 is 0. The fourth-order valence-corrected chi connectivity index (χ4v) is 2.21. The van der Waals surface area contributed by atoms with Crippen LogP contribution < -0.4 is 4.90 Å². The zero-order valence-electron chi connectivity index (χ0n) is 9.77. The first-order chi connectivity index (χ1) is 8.09. The van der Waals surface area contributed by atoms with Gasteiger partial charge < -0.3 is 10.0 Å². The predicted molar refractivity (Wildman–Crippen MR) is 64.1 cm³/mol. The molecular weight excluding hydrogens is 218 g/mol. The fraction of sp³-hybridized carbons (Fsp3) is 0.385. The van der Waals surface area contributed by atoms with E-state index in [-0.39, 0.29) is 12.3 Å². The Morgan fingerprint density at radius 2 is 2.24 bits per heavy atom. The molecule has 0 radical (unpaired) electrons. The summed E-state index contributed by atoms with van der Waals surface area (Å²) in [6, 6.07) is 5.83. The fourth-order valence-electron chi connectivity index (χ4n) is 2.21. The Hall–Kier alpha value is -1.84. The van der Waals surface area contributed by atoms with Crippen molar-refractivity contribution in [1.29, 1.82) is 0 Å². The standard InChI is InChI=1S/C13H15NO3/c1-14-11-6-2-4-9(5-3-7-13(16)17)10(11)8-12(14)15/h2,4,6H,3,5,7-8H2,1H3,(H,16,17). The highest BCUT2D eigenvalue weighted by Gasteiger charge is 2.25. The number of amides is 1. The molecule has 0 saturated heterocycles. The summed E-state index contributed by atoms with van der Waals surface area (Å²) >= 11 is 0. The van der Waals surface area contributed by atoms with Crippen molar-refractivity contribution in [2.75, 3.05) is 11.9 Å². The van der Waals surface area contributed by atoms with E-state index in [1.54, 1.807) is 11.9 Å². The van der Waals surface area contributed by atoms with Gasteiger partial charge in [0.05, 0.1) is 6.42 Å². The Labute approximate surface area is 99.9 Å². The number of nitrogens with zero attached hydrogens (tertiary/aromatic N) is 1. The van der Waals surface area contributed by atoms with E-state index < -0.39 is 5.97 Å². The van der Waals surface area contributed by atoms with Gasteiger partial charge >= 0.3 is 5.97 Å². The number of anilines is 1. The van der Waals surface area contributed by atoms with Gasteiger partial charge in [0.15, 0.2) is 0 Å². The quantitative estimate of drug-likeness (QED) is 0.859. The maximum absolute atomic E-state index is 11.6. The molecule has 0 saturated carbocycles. The third kappa shape index (κ3) is 2.30. The van der Waals surface area contributed by atoms with Gasteiger partial charge in [-0.1, -0.05) is 12.1 Å². The van der Waals surface area contributed by atoms with Crippen LogP contribution in [0.2, 0.25) is 0 Å². The number of hydrogen-bond acceptors (Lipinski definition) is 2. The Kier molecular flexibility index (Phi) is 3.13. The number of carboxylic acid groups (broad SMARTS) is 1. The average molecular weight is 233 g/mol. The molecule has 0 unspecified atom stereocenters. The molecule has 0 aliphatic carbocycles. The molecule has 1 N–H and O–H groups in total. The maximum atomic E-state index is 11.6. The number of carbonyl (C=O) groups is 2. The highest BCUT2D eigenvalue weighted by Crippen LogP contribution is 2.30. The number of carboxylic acids is 1. The monoisotopic (exact) mass is 233 g/mol. The number of fused-ring (bicyclic) bond motifs is 1. The van der Waals surface area contributed by atoms with Crippen LogP contribution in [0.4, 0.5) is 5.69 Å². The summed E-state index contributed by atoms with van der Waals surface area (Å²) in [6.45, 7) is 0. The highest BCUT2D eigenvalue weighted by atomic mass is 16.4. The van der Waals surface area contributed by atoms with Crippen molar-refractivity contribution in [3.05, 3.63) is 29.3 Å². The normalized spacial score (nSPS) is 13.9. The van der Waals surface area contributed by atoms with Crippen molar-refractivity contribution < 1.29 is 14.7 Å². The molecule has 2 rings (SSSR count). The molecule has 0 fully saturated rings. The first-order valence-electron chi connectivity index (χ1n) is 5.68. The summed E-state index contributed by atoms with van der Waals surface area (Å²) in [4.78, 5) is 23.7. The van der Waals surface area contributed by atoms with Crippen LogP contribution in [-0.2, 0) is 22.4 Å². The lowest BCUT2D eigenvalue weighted by Gasteiger charge is -2.11. The topological polar surface area (TPSA) is 57.6 Å². The zero-order valence-corrected chi connectivity index (χ0v) is 9.77. The molecule has 1 aromatic rings. The van der Waals surface area contributed by atoms with Crippen molar-refractivity contribution in [3.63, 3.8) is 0 Å². The van der Waals surface area contributed by atoms with Gasteiger partial charge in [0.2, 0.25) is 5.91 Å². The number of carbonyl (C=O) groups excluding carboxylic acids is 1. The molecule has 0 atom stereocenters. The third-order valence-corrected chi connectivity index (χ3v) is 3.15. The lowest BCUT2D eigenvalue weighted by atomic mass is 10.00. The Morgan fingerprint density at radius 3 is 2.94 bits per heavy atom. The van der Waals surface area contributed by atoms with E-state index in [4.69, 9.17) is 5.11 Å². The zero-order chi connectivity index (χ0) is 12.4. The van der Waals surface area contributed by atoms with Crippen molar-refractivity contribution in [3.8, 4) is 0 Å². The molecule has 1 aliphatic rings. The summed E-state index contributed by atoms with van der Waals surface area (Å²) in [5, 5.41) is 8.61. The molecule has 1 heterocycles. The van der Waals surface area contributed by atoms with Gasteiger partial charge in [-0.15, -0.1) is 0 Å². The number of likely N-dealkylation sites (N-methyl/N-ethyl adjacent to an activating group) is 1. The van der Waals surface area contributed by atoms with Crippen molar-refractivity contribution in [2.24, 2.45) is 0 Å². The van der Waals surface area contributed by atoms with Gasteiger partial charge in [-0.3, -0.25) is 9.59 Å². The van der Waals surface area contributed by atoms with Gasteiger partial charge in [-0.05, 0) is 30.0 Å². The minimum Gasteiger partial charge on any atom is -0.481 e. The number of aliphatic carboxylic acids is 1. The molecule has 4 heteroatoms. The second-order valence-electron chi connectivity index (χ2n) is 4.29. The Morgan fingerprint density at radius 1 is 1.47 bits per heavy atom. The SMILES string of the molecule is CN1C(=O)Cc2c(CCCC(=O)O)cccc21. The molecule has 0 spiro atoms. The minimum atomic E-state index is -0.772. The summed E-state index contributed by atoms with van der Waals surface area (Å²) in [5.74, 6) is -0.670. The number of rotatable bonds is 4. The van der Waals surface area contributed by atoms with Crippen LogP contribution in [-0.4, -0.2) is 24.0 Å². The number of aryl methyl sites for hydroxylation is 1. The summed E-state index contributed by atoms with van der Waals surface area (Å²) in [7, 11) is 1.77. The van der Waals surface area contributed by atoms with E-state index in [2.05, 4.69) is 0 Å². The van der Waals surface area contributed by atoms with Gasteiger partial charge in [-0.25, -0.2) is 0 Å². The molecule has 1 aliphatic heterocycles. The van der Waals surface area contributed by atoms with E-state index >= 15 is 0 Å². The number of benzene rings is 1. The Bertz CT molecular complexity index is 468. The molecule has 17 heavy (non-hydrogen) atoms. The maximum Gasteiger partial charge on any atom is 0.303 e. The molecule has 90 valence electrons. The minimum absolute atomic E-state index is 0.102. The van der Waals surface area contributed by atoms with Crippen LogP contribution in [0.15, 0.2) is 18.2 Å². The van der Waals surface area contributed by atoms with Gasteiger partial charge in [-0.2, -0.15) is 0 Å². The smallest absolute Gasteiger partial charge is 0.303 e. The molecule has 0 bridgehead atoms. The van der Waals surface area contributed by atoms with Crippen LogP contribution in [0.3, 0.4) is 0 Å². The molecule has 4 nitrogen and oxygen atoms in total. The largest absolute Gasteiger partial charge is 0.481 e. The van der Waals surface area contributed by atoms with Crippen LogP contribution in [0.25, 0.3) is 0 Å². The Balaban J connectivity index is 2.15. The first kappa shape index (κ1) is 11.6. The van der Waals surface area contributed by atoms with Crippen LogP contribution >= 0.6 is 0 Å². The van der Waals surface area contributed by atoms with E-state index in [1.807, 2.05) is 18.2 Å². The molecule has 1 amide bonds. The van der Waals surface area contributed by atoms with Crippen molar-refractivity contribution in [1.82, 2.24) is 0 Å². The van der Waals surface area contributed by atoms with Gasteiger partial charge in [0, 0.05) is 19.2 Å². The molecular formula is C13H15NO3. The average Bonchev–Trinajstić information content (AvgIpc) is 2.56.